The van der Waals surface area contributed by atoms with E-state index in [-0.39, 0.29) is 17.0 Å². The molecule has 0 heterocycles. The fourth-order valence-corrected chi connectivity index (χ4v) is 2.15. The van der Waals surface area contributed by atoms with Gasteiger partial charge in [-0.05, 0) is 5.92 Å². The molecule has 0 aromatic carbocycles. The van der Waals surface area contributed by atoms with Crippen LogP contribution in [0.3, 0.4) is 0 Å². The Hall–Kier alpha value is 0.980. The number of methoxy groups -OCH3 is 1. The Labute approximate surface area is 111 Å². The predicted octanol–water partition coefficient (Wildman–Crippen LogP) is 3.28. The van der Waals surface area contributed by atoms with Crippen molar-refractivity contribution >= 4 is 39.1 Å². The van der Waals surface area contributed by atoms with E-state index in [0.29, 0.717) is 24.3 Å². The van der Waals surface area contributed by atoms with Gasteiger partial charge in [0.25, 0.3) is 0 Å². The average Bonchev–Trinajstić information content (AvgIpc) is 2.23. The highest BCUT2D eigenvalue weighted by Gasteiger charge is 2.21. The van der Waals surface area contributed by atoms with Crippen molar-refractivity contribution in [3.05, 3.63) is 0 Å². The van der Waals surface area contributed by atoms with Gasteiger partial charge in [0.15, 0.2) is 0 Å². The molecule has 0 aromatic heterocycles. The topological polar surface area (TPSA) is 18.5 Å². The maximum Gasteiger partial charge on any atom is 0.0847 e. The Balaban J connectivity index is 3.98. The molecular formula is C10H19BrCl2O2. The van der Waals surface area contributed by atoms with Crippen molar-refractivity contribution < 1.29 is 9.47 Å². The van der Waals surface area contributed by atoms with Crippen molar-refractivity contribution in [2.24, 2.45) is 5.92 Å². The first kappa shape index (κ1) is 16.0. The fraction of sp³-hybridized carbons (Fsp3) is 1.00. The second kappa shape index (κ2) is 9.06. The Morgan fingerprint density at radius 2 is 1.73 bits per heavy atom. The molecule has 5 heteroatoms. The van der Waals surface area contributed by atoms with Crippen LogP contribution in [0.1, 0.15) is 13.8 Å². The van der Waals surface area contributed by atoms with E-state index in [2.05, 4.69) is 29.8 Å². The third-order valence-electron chi connectivity index (χ3n) is 2.22. The van der Waals surface area contributed by atoms with Crippen molar-refractivity contribution in [1.82, 2.24) is 0 Å². The summed E-state index contributed by atoms with van der Waals surface area (Å²) in [6.45, 7) is 4.74. The molecule has 0 aliphatic heterocycles. The van der Waals surface area contributed by atoms with Crippen LogP contribution in [0.4, 0.5) is 0 Å². The Morgan fingerprint density at radius 1 is 1.13 bits per heavy atom. The molecule has 92 valence electrons. The van der Waals surface area contributed by atoms with E-state index >= 15 is 0 Å². The first-order valence-electron chi connectivity index (χ1n) is 4.97. The molecule has 0 spiro atoms. The lowest BCUT2D eigenvalue weighted by Gasteiger charge is -2.24. The Bertz CT molecular complexity index is 158. The quantitative estimate of drug-likeness (QED) is 0.639. The summed E-state index contributed by atoms with van der Waals surface area (Å²) in [5, 5.41) is 0. The first-order valence-corrected chi connectivity index (χ1v) is 6.95. The standard InChI is InChI=1S/C10H19BrCl2O2/c1-7(2)10(14-3)6-15-9(5-13)8(11)4-12/h7-10H,4-6H2,1-3H3. The van der Waals surface area contributed by atoms with E-state index in [4.69, 9.17) is 32.7 Å². The molecule has 15 heavy (non-hydrogen) atoms. The molecule has 0 aliphatic rings. The molecule has 0 rings (SSSR count). The molecule has 0 aromatic rings. The first-order chi connectivity index (χ1) is 7.06. The van der Waals surface area contributed by atoms with Crippen LogP contribution in [0.15, 0.2) is 0 Å². The summed E-state index contributed by atoms with van der Waals surface area (Å²) < 4.78 is 11.0. The summed E-state index contributed by atoms with van der Waals surface area (Å²) in [5.41, 5.74) is 0. The van der Waals surface area contributed by atoms with E-state index in [1.165, 1.54) is 0 Å². The van der Waals surface area contributed by atoms with Gasteiger partial charge in [-0.25, -0.2) is 0 Å². The van der Waals surface area contributed by atoms with E-state index in [1.807, 2.05) is 0 Å². The Morgan fingerprint density at radius 3 is 2.07 bits per heavy atom. The molecule has 2 nitrogen and oxygen atoms in total. The zero-order chi connectivity index (χ0) is 11.8. The van der Waals surface area contributed by atoms with E-state index in [9.17, 15) is 0 Å². The lowest BCUT2D eigenvalue weighted by atomic mass is 10.1. The number of alkyl halides is 3. The minimum Gasteiger partial charge on any atom is -0.379 e. The maximum atomic E-state index is 5.79. The normalized spacial score (nSPS) is 17.8. The summed E-state index contributed by atoms with van der Waals surface area (Å²) in [6.07, 6.45) is 0.0336. The van der Waals surface area contributed by atoms with Gasteiger partial charge < -0.3 is 9.47 Å². The minimum atomic E-state index is -0.0689. The zero-order valence-electron chi connectivity index (χ0n) is 9.38. The van der Waals surface area contributed by atoms with Crippen LogP contribution in [0.2, 0.25) is 0 Å². The van der Waals surface area contributed by atoms with Crippen molar-refractivity contribution in [3.8, 4) is 0 Å². The minimum absolute atomic E-state index is 0.0689. The molecule has 0 amide bonds. The SMILES string of the molecule is COC(COC(CCl)C(Br)CCl)C(C)C. The summed E-state index contributed by atoms with van der Waals surface area (Å²) in [5.74, 6) is 1.34. The number of hydrogen-bond donors (Lipinski definition) is 0. The van der Waals surface area contributed by atoms with Crippen molar-refractivity contribution in [1.29, 1.82) is 0 Å². The molecule has 3 unspecified atom stereocenters. The maximum absolute atomic E-state index is 5.79. The summed E-state index contributed by atoms with van der Waals surface area (Å²) >= 11 is 14.9. The second-order valence-corrected chi connectivity index (χ2v) is 5.51. The van der Waals surface area contributed by atoms with Gasteiger partial charge in [0, 0.05) is 18.9 Å². The molecular weight excluding hydrogens is 303 g/mol. The average molecular weight is 322 g/mol. The van der Waals surface area contributed by atoms with Gasteiger partial charge in [0.1, 0.15) is 0 Å². The van der Waals surface area contributed by atoms with E-state index < -0.39 is 0 Å². The Kier molecular flexibility index (Phi) is 9.65. The van der Waals surface area contributed by atoms with Gasteiger partial charge in [-0.3, -0.25) is 0 Å². The van der Waals surface area contributed by atoms with Gasteiger partial charge >= 0.3 is 0 Å². The summed E-state index contributed by atoms with van der Waals surface area (Å²) in [7, 11) is 1.69. The number of halogens is 3. The van der Waals surface area contributed by atoms with Crippen LogP contribution in [0.5, 0.6) is 0 Å². The van der Waals surface area contributed by atoms with E-state index in [0.717, 1.165) is 0 Å². The van der Waals surface area contributed by atoms with Crippen molar-refractivity contribution in [2.45, 2.75) is 30.9 Å². The highest BCUT2D eigenvalue weighted by Crippen LogP contribution is 2.15. The van der Waals surface area contributed by atoms with E-state index in [1.54, 1.807) is 7.11 Å². The number of hydrogen-bond acceptors (Lipinski definition) is 2. The smallest absolute Gasteiger partial charge is 0.0847 e. The molecule has 0 bridgehead atoms. The molecule has 0 fully saturated rings. The molecule has 0 saturated carbocycles. The van der Waals surface area contributed by atoms with Gasteiger partial charge in [-0.1, -0.05) is 29.8 Å². The lowest BCUT2D eigenvalue weighted by molar-refractivity contribution is -0.0373. The van der Waals surface area contributed by atoms with Gasteiger partial charge in [0.05, 0.1) is 23.6 Å². The number of rotatable bonds is 8. The van der Waals surface area contributed by atoms with Crippen LogP contribution in [-0.2, 0) is 9.47 Å². The van der Waals surface area contributed by atoms with Crippen LogP contribution in [-0.4, -0.2) is 42.5 Å². The highest BCUT2D eigenvalue weighted by molar-refractivity contribution is 9.09. The predicted molar refractivity (Wildman–Crippen MR) is 69.5 cm³/mol. The third kappa shape index (κ3) is 6.32. The highest BCUT2D eigenvalue weighted by atomic mass is 79.9. The monoisotopic (exact) mass is 320 g/mol. The number of ether oxygens (including phenoxy) is 2. The fourth-order valence-electron chi connectivity index (χ4n) is 1.10. The lowest BCUT2D eigenvalue weighted by Crippen LogP contribution is -2.33. The van der Waals surface area contributed by atoms with Crippen LogP contribution in [0.25, 0.3) is 0 Å². The van der Waals surface area contributed by atoms with Gasteiger partial charge in [-0.15, -0.1) is 23.2 Å². The van der Waals surface area contributed by atoms with Crippen LogP contribution >= 0.6 is 39.1 Å². The van der Waals surface area contributed by atoms with Crippen LogP contribution < -0.4 is 0 Å². The largest absolute Gasteiger partial charge is 0.379 e. The summed E-state index contributed by atoms with van der Waals surface area (Å²) in [4.78, 5) is 0.0846. The molecule has 0 saturated heterocycles. The summed E-state index contributed by atoms with van der Waals surface area (Å²) in [6, 6.07) is 0. The second-order valence-electron chi connectivity index (χ2n) is 3.71. The molecule has 0 radical (unpaired) electrons. The van der Waals surface area contributed by atoms with Crippen molar-refractivity contribution in [3.63, 3.8) is 0 Å². The zero-order valence-corrected chi connectivity index (χ0v) is 12.5. The van der Waals surface area contributed by atoms with Crippen LogP contribution in [0, 0.1) is 5.92 Å². The molecule has 0 aliphatic carbocycles. The van der Waals surface area contributed by atoms with Crippen molar-refractivity contribution in [2.75, 3.05) is 25.5 Å². The molecule has 0 N–H and O–H groups in total. The third-order valence-corrected chi connectivity index (χ3v) is 4.15. The molecule has 3 atom stereocenters. The van der Waals surface area contributed by atoms with Gasteiger partial charge in [-0.2, -0.15) is 0 Å². The van der Waals surface area contributed by atoms with Gasteiger partial charge in [0.2, 0.25) is 0 Å².